The van der Waals surface area contributed by atoms with Crippen molar-refractivity contribution in [1.29, 1.82) is 0 Å². The summed E-state index contributed by atoms with van der Waals surface area (Å²) in [6, 6.07) is 15.1. The summed E-state index contributed by atoms with van der Waals surface area (Å²) < 4.78 is 11.0. The minimum atomic E-state index is -0.197. The number of carbonyl (C=O) groups is 1. The zero-order valence-corrected chi connectivity index (χ0v) is 13.7. The first-order valence-corrected chi connectivity index (χ1v) is 7.95. The van der Waals surface area contributed by atoms with Crippen molar-refractivity contribution in [1.82, 2.24) is 0 Å². The molecule has 0 atom stereocenters. The summed E-state index contributed by atoms with van der Waals surface area (Å²) in [4.78, 5) is 12.0. The number of benzene rings is 2. The van der Waals surface area contributed by atoms with Gasteiger partial charge in [-0.2, -0.15) is 0 Å². The zero-order valence-electron chi connectivity index (χ0n) is 13.7. The SMILES string of the molecule is CCCOc1cccc(NC(=O)COc2ccc(CC)cc2)c1. The maximum Gasteiger partial charge on any atom is 0.262 e. The molecular formula is C19H23NO3. The second kappa shape index (κ2) is 8.83. The van der Waals surface area contributed by atoms with E-state index < -0.39 is 0 Å². The zero-order chi connectivity index (χ0) is 16.5. The Kier molecular flexibility index (Phi) is 6.48. The monoisotopic (exact) mass is 313 g/mol. The fourth-order valence-corrected chi connectivity index (χ4v) is 2.05. The van der Waals surface area contributed by atoms with E-state index in [4.69, 9.17) is 9.47 Å². The Balaban J connectivity index is 1.84. The van der Waals surface area contributed by atoms with Gasteiger partial charge >= 0.3 is 0 Å². The predicted octanol–water partition coefficient (Wildman–Crippen LogP) is 4.06. The Labute approximate surface area is 137 Å². The van der Waals surface area contributed by atoms with Crippen LogP contribution in [0.5, 0.6) is 11.5 Å². The largest absolute Gasteiger partial charge is 0.494 e. The lowest BCUT2D eigenvalue weighted by Crippen LogP contribution is -2.20. The summed E-state index contributed by atoms with van der Waals surface area (Å²) in [6.07, 6.45) is 1.93. The third kappa shape index (κ3) is 5.66. The van der Waals surface area contributed by atoms with Crippen LogP contribution >= 0.6 is 0 Å². The molecule has 0 aromatic heterocycles. The van der Waals surface area contributed by atoms with Crippen LogP contribution in [0.25, 0.3) is 0 Å². The summed E-state index contributed by atoms with van der Waals surface area (Å²) in [5, 5.41) is 2.81. The van der Waals surface area contributed by atoms with Crippen molar-refractivity contribution < 1.29 is 14.3 Å². The van der Waals surface area contributed by atoms with Gasteiger partial charge in [-0.05, 0) is 42.7 Å². The number of hydrogen-bond donors (Lipinski definition) is 1. The summed E-state index contributed by atoms with van der Waals surface area (Å²) in [5.74, 6) is 1.25. The van der Waals surface area contributed by atoms with Gasteiger partial charge in [-0.25, -0.2) is 0 Å². The van der Waals surface area contributed by atoms with Crippen LogP contribution in [-0.2, 0) is 11.2 Å². The molecule has 122 valence electrons. The number of nitrogens with one attached hydrogen (secondary N) is 1. The van der Waals surface area contributed by atoms with Gasteiger partial charge in [0.25, 0.3) is 5.91 Å². The molecule has 23 heavy (non-hydrogen) atoms. The highest BCUT2D eigenvalue weighted by Gasteiger charge is 2.05. The van der Waals surface area contributed by atoms with E-state index in [0.717, 1.165) is 18.6 Å². The molecule has 0 aliphatic heterocycles. The van der Waals surface area contributed by atoms with E-state index in [1.807, 2.05) is 48.5 Å². The molecule has 4 heteroatoms. The first-order valence-electron chi connectivity index (χ1n) is 7.95. The Morgan fingerprint density at radius 3 is 2.48 bits per heavy atom. The number of ether oxygens (including phenoxy) is 2. The smallest absolute Gasteiger partial charge is 0.262 e. The van der Waals surface area contributed by atoms with Crippen molar-refractivity contribution in [3.05, 3.63) is 54.1 Å². The van der Waals surface area contributed by atoms with E-state index in [2.05, 4.69) is 19.2 Å². The molecule has 0 spiro atoms. The Morgan fingerprint density at radius 1 is 1.00 bits per heavy atom. The average Bonchev–Trinajstić information content (AvgIpc) is 2.59. The van der Waals surface area contributed by atoms with Crippen molar-refractivity contribution in [3.63, 3.8) is 0 Å². The lowest BCUT2D eigenvalue weighted by atomic mass is 10.2. The maximum atomic E-state index is 12.0. The minimum absolute atomic E-state index is 0.0223. The molecule has 0 unspecified atom stereocenters. The van der Waals surface area contributed by atoms with Crippen molar-refractivity contribution in [2.75, 3.05) is 18.5 Å². The van der Waals surface area contributed by atoms with Gasteiger partial charge in [0.05, 0.1) is 6.61 Å². The summed E-state index contributed by atoms with van der Waals surface area (Å²) in [7, 11) is 0. The number of anilines is 1. The first kappa shape index (κ1) is 16.9. The quantitative estimate of drug-likeness (QED) is 0.799. The van der Waals surface area contributed by atoms with Gasteiger partial charge in [-0.15, -0.1) is 0 Å². The standard InChI is InChI=1S/C19H23NO3/c1-3-12-22-18-7-5-6-16(13-18)20-19(21)14-23-17-10-8-15(4-2)9-11-17/h5-11,13H,3-4,12,14H2,1-2H3,(H,20,21). The van der Waals surface area contributed by atoms with Crippen molar-refractivity contribution >= 4 is 11.6 Å². The fourth-order valence-electron chi connectivity index (χ4n) is 2.05. The van der Waals surface area contributed by atoms with E-state index in [1.165, 1.54) is 5.56 Å². The molecule has 1 amide bonds. The predicted molar refractivity (Wildman–Crippen MR) is 92.2 cm³/mol. The molecular weight excluding hydrogens is 290 g/mol. The molecule has 0 bridgehead atoms. The summed E-state index contributed by atoms with van der Waals surface area (Å²) in [6.45, 7) is 4.79. The van der Waals surface area contributed by atoms with Crippen LogP contribution in [0.15, 0.2) is 48.5 Å². The lowest BCUT2D eigenvalue weighted by molar-refractivity contribution is -0.118. The van der Waals surface area contributed by atoms with Gasteiger partial charge in [0.15, 0.2) is 6.61 Å². The van der Waals surface area contributed by atoms with Crippen LogP contribution in [0, 0.1) is 0 Å². The minimum Gasteiger partial charge on any atom is -0.494 e. The molecule has 0 aliphatic carbocycles. The fraction of sp³-hybridized carbons (Fsp3) is 0.316. The van der Waals surface area contributed by atoms with E-state index in [1.54, 1.807) is 0 Å². The lowest BCUT2D eigenvalue weighted by Gasteiger charge is -2.10. The molecule has 1 N–H and O–H groups in total. The van der Waals surface area contributed by atoms with E-state index in [-0.39, 0.29) is 12.5 Å². The van der Waals surface area contributed by atoms with Gasteiger partial charge in [0.2, 0.25) is 0 Å². The second-order valence-electron chi connectivity index (χ2n) is 5.21. The normalized spacial score (nSPS) is 10.2. The highest BCUT2D eigenvalue weighted by molar-refractivity contribution is 5.92. The van der Waals surface area contributed by atoms with Crippen LogP contribution in [0.2, 0.25) is 0 Å². The topological polar surface area (TPSA) is 47.6 Å². The number of aryl methyl sites for hydroxylation is 1. The number of hydrogen-bond acceptors (Lipinski definition) is 3. The van der Waals surface area contributed by atoms with Gasteiger partial charge in [-0.3, -0.25) is 4.79 Å². The van der Waals surface area contributed by atoms with E-state index in [9.17, 15) is 4.79 Å². The number of carbonyl (C=O) groups excluding carboxylic acids is 1. The van der Waals surface area contributed by atoms with Gasteiger partial charge in [0, 0.05) is 11.8 Å². The van der Waals surface area contributed by atoms with E-state index in [0.29, 0.717) is 18.0 Å². The molecule has 2 aromatic carbocycles. The van der Waals surface area contributed by atoms with Crippen LogP contribution in [0.4, 0.5) is 5.69 Å². The number of amides is 1. The van der Waals surface area contributed by atoms with Gasteiger partial charge in [-0.1, -0.05) is 32.0 Å². The summed E-state index contributed by atoms with van der Waals surface area (Å²) in [5.41, 5.74) is 1.94. The average molecular weight is 313 g/mol. The molecule has 4 nitrogen and oxygen atoms in total. The van der Waals surface area contributed by atoms with Crippen molar-refractivity contribution in [2.45, 2.75) is 26.7 Å². The molecule has 0 fully saturated rings. The van der Waals surface area contributed by atoms with Crippen LogP contribution in [0.3, 0.4) is 0 Å². The second-order valence-corrected chi connectivity index (χ2v) is 5.21. The molecule has 2 aromatic rings. The molecule has 0 heterocycles. The van der Waals surface area contributed by atoms with Gasteiger partial charge < -0.3 is 14.8 Å². The highest BCUT2D eigenvalue weighted by Crippen LogP contribution is 2.18. The third-order valence-electron chi connectivity index (χ3n) is 3.29. The Bertz CT molecular complexity index is 623. The first-order chi connectivity index (χ1) is 11.2. The van der Waals surface area contributed by atoms with E-state index >= 15 is 0 Å². The van der Waals surface area contributed by atoms with Gasteiger partial charge in [0.1, 0.15) is 11.5 Å². The highest BCUT2D eigenvalue weighted by atomic mass is 16.5. The molecule has 0 radical (unpaired) electrons. The number of rotatable bonds is 8. The van der Waals surface area contributed by atoms with Crippen LogP contribution in [0.1, 0.15) is 25.8 Å². The van der Waals surface area contributed by atoms with Crippen LogP contribution < -0.4 is 14.8 Å². The maximum absolute atomic E-state index is 12.0. The summed E-state index contributed by atoms with van der Waals surface area (Å²) >= 11 is 0. The van der Waals surface area contributed by atoms with Crippen LogP contribution in [-0.4, -0.2) is 19.1 Å². The Hall–Kier alpha value is -2.49. The third-order valence-corrected chi connectivity index (χ3v) is 3.29. The van der Waals surface area contributed by atoms with Crippen molar-refractivity contribution in [2.24, 2.45) is 0 Å². The molecule has 0 saturated heterocycles. The Morgan fingerprint density at radius 2 is 1.78 bits per heavy atom. The molecule has 2 rings (SSSR count). The van der Waals surface area contributed by atoms with Crippen molar-refractivity contribution in [3.8, 4) is 11.5 Å². The molecule has 0 saturated carbocycles. The molecule has 0 aliphatic rings.